The summed E-state index contributed by atoms with van der Waals surface area (Å²) in [6.45, 7) is 3.43. The third-order valence-corrected chi connectivity index (χ3v) is 7.85. The van der Waals surface area contributed by atoms with Gasteiger partial charge in [-0.1, -0.05) is 12.1 Å². The minimum absolute atomic E-state index is 0.0153. The molecule has 0 radical (unpaired) electrons. The molecule has 2 aromatic carbocycles. The lowest BCUT2D eigenvalue weighted by molar-refractivity contribution is -0.143. The fraction of sp³-hybridized carbons (Fsp3) is 0.360. The number of esters is 1. The largest absolute Gasteiger partial charge is 0.466 e. The normalized spacial score (nSPS) is 16.7. The van der Waals surface area contributed by atoms with Gasteiger partial charge in [-0.05, 0) is 62.1 Å². The van der Waals surface area contributed by atoms with Crippen LogP contribution in [-0.4, -0.2) is 49.5 Å². The molecule has 0 amide bonds. The van der Waals surface area contributed by atoms with Crippen molar-refractivity contribution in [3.8, 4) is 11.3 Å². The van der Waals surface area contributed by atoms with Crippen molar-refractivity contribution in [2.45, 2.75) is 44.2 Å². The van der Waals surface area contributed by atoms with E-state index in [0.717, 1.165) is 33.0 Å². The number of pyridine rings is 1. The molecule has 0 bridgehead atoms. The van der Waals surface area contributed by atoms with Crippen molar-refractivity contribution in [2.24, 2.45) is 0 Å². The average Bonchev–Trinajstić information content (AvgIpc) is 3.24. The first-order chi connectivity index (χ1) is 16.6. The minimum Gasteiger partial charge on any atom is -0.466 e. The van der Waals surface area contributed by atoms with Gasteiger partial charge in [-0.2, -0.15) is 4.31 Å². The summed E-state index contributed by atoms with van der Waals surface area (Å²) in [5.74, 6) is -2.48. The van der Waals surface area contributed by atoms with Crippen LogP contribution in [0.1, 0.15) is 30.9 Å². The molecule has 1 aliphatic heterocycles. The Labute approximate surface area is 201 Å². The number of benzene rings is 2. The molecule has 0 saturated carbocycles. The summed E-state index contributed by atoms with van der Waals surface area (Å²) in [5.41, 5.74) is 1.59. The molecule has 0 unspecified atom stereocenters. The summed E-state index contributed by atoms with van der Waals surface area (Å²) in [7, 11) is -4.23. The minimum atomic E-state index is -4.23. The second kappa shape index (κ2) is 9.94. The Morgan fingerprint density at radius 2 is 1.89 bits per heavy atom. The van der Waals surface area contributed by atoms with Gasteiger partial charge in [0.1, 0.15) is 17.8 Å². The summed E-state index contributed by atoms with van der Waals surface area (Å²) in [4.78, 5) is 15.5. The van der Waals surface area contributed by atoms with Crippen LogP contribution in [0, 0.1) is 18.6 Å². The number of aromatic nitrogens is 1. The Morgan fingerprint density at radius 3 is 2.51 bits per heavy atom. The summed E-state index contributed by atoms with van der Waals surface area (Å²) < 4.78 is 75.0. The molecule has 1 atom stereocenters. The molecule has 0 aliphatic carbocycles. The van der Waals surface area contributed by atoms with E-state index >= 15 is 8.78 Å². The molecular formula is C25H25F3N2O4S. The van der Waals surface area contributed by atoms with Crippen LogP contribution in [-0.2, 0) is 26.0 Å². The third kappa shape index (κ3) is 5.18. The van der Waals surface area contributed by atoms with Crippen molar-refractivity contribution >= 4 is 26.9 Å². The van der Waals surface area contributed by atoms with Crippen LogP contribution in [0.2, 0.25) is 0 Å². The van der Waals surface area contributed by atoms with Gasteiger partial charge >= 0.3 is 5.97 Å². The summed E-state index contributed by atoms with van der Waals surface area (Å²) in [5, 5.41) is 0.781. The van der Waals surface area contributed by atoms with Crippen LogP contribution in [0.5, 0.6) is 0 Å². The smallest absolute Gasteiger partial charge is 0.306 e. The predicted molar refractivity (Wildman–Crippen MR) is 125 cm³/mol. The number of nitrogens with zero attached hydrogens (tertiary/aromatic N) is 2. The number of hydrogen-bond acceptors (Lipinski definition) is 5. The van der Waals surface area contributed by atoms with Crippen molar-refractivity contribution in [3.63, 3.8) is 0 Å². The fourth-order valence-electron chi connectivity index (χ4n) is 4.21. The number of carbonyl (C=O) groups excluding carboxylic acids is 1. The number of sulfonamides is 1. The van der Waals surface area contributed by atoms with Gasteiger partial charge < -0.3 is 4.74 Å². The van der Waals surface area contributed by atoms with Gasteiger partial charge in [0.2, 0.25) is 10.0 Å². The molecule has 10 heteroatoms. The molecule has 35 heavy (non-hydrogen) atoms. The van der Waals surface area contributed by atoms with Gasteiger partial charge in [-0.25, -0.2) is 26.6 Å². The molecule has 6 nitrogen and oxygen atoms in total. The van der Waals surface area contributed by atoms with Crippen LogP contribution in [0.4, 0.5) is 13.2 Å². The maximum atomic E-state index is 15.1. The Balaban J connectivity index is 1.69. The van der Waals surface area contributed by atoms with E-state index in [0.29, 0.717) is 18.5 Å². The maximum Gasteiger partial charge on any atom is 0.306 e. The predicted octanol–water partition coefficient (Wildman–Crippen LogP) is 4.72. The van der Waals surface area contributed by atoms with Gasteiger partial charge in [-0.15, -0.1) is 0 Å². The lowest BCUT2D eigenvalue weighted by atomic mass is 10.0. The first-order valence-corrected chi connectivity index (χ1v) is 12.7. The quantitative estimate of drug-likeness (QED) is 0.434. The highest BCUT2D eigenvalue weighted by Crippen LogP contribution is 2.32. The second-order valence-electron chi connectivity index (χ2n) is 8.49. The van der Waals surface area contributed by atoms with Crippen LogP contribution < -0.4 is 0 Å². The molecule has 186 valence electrons. The topological polar surface area (TPSA) is 76.6 Å². The maximum absolute atomic E-state index is 15.1. The molecule has 0 N–H and O–H groups in total. The highest BCUT2D eigenvalue weighted by molar-refractivity contribution is 7.89. The highest BCUT2D eigenvalue weighted by Gasteiger charge is 2.33. The molecule has 4 rings (SSSR count). The number of fused-ring (bicyclic) bond motifs is 1. The Kier molecular flexibility index (Phi) is 7.14. The Bertz CT molecular complexity index is 1370. The summed E-state index contributed by atoms with van der Waals surface area (Å²) in [6, 6.07) is 8.47. The highest BCUT2D eigenvalue weighted by atomic mass is 32.2. The van der Waals surface area contributed by atoms with Gasteiger partial charge in [0, 0.05) is 24.9 Å². The first kappa shape index (κ1) is 25.1. The Morgan fingerprint density at radius 1 is 1.17 bits per heavy atom. The van der Waals surface area contributed by atoms with E-state index < -0.39 is 38.3 Å². The van der Waals surface area contributed by atoms with E-state index in [1.165, 1.54) is 6.07 Å². The zero-order valence-corrected chi connectivity index (χ0v) is 20.2. The average molecular weight is 507 g/mol. The number of carbonyl (C=O) groups is 1. The van der Waals surface area contributed by atoms with Crippen molar-refractivity contribution in [2.75, 3.05) is 19.7 Å². The Hall–Kier alpha value is -2.98. The van der Waals surface area contributed by atoms with E-state index in [4.69, 9.17) is 4.74 Å². The molecule has 3 aromatic rings. The van der Waals surface area contributed by atoms with E-state index in [1.54, 1.807) is 19.9 Å². The van der Waals surface area contributed by atoms with Crippen molar-refractivity contribution in [1.82, 2.24) is 9.29 Å². The lowest BCUT2D eigenvalue weighted by Crippen LogP contribution is -2.29. The first-order valence-electron chi connectivity index (χ1n) is 11.3. The molecule has 1 aliphatic rings. The molecule has 0 spiro atoms. The van der Waals surface area contributed by atoms with E-state index in [9.17, 15) is 17.6 Å². The number of alkyl halides is 1. The van der Waals surface area contributed by atoms with Crippen LogP contribution in [0.3, 0.4) is 0 Å². The van der Waals surface area contributed by atoms with Crippen molar-refractivity contribution < 1.29 is 31.1 Å². The van der Waals surface area contributed by atoms with Gasteiger partial charge in [0.15, 0.2) is 0 Å². The SMILES string of the molecule is CCOC(=O)CCc1ccc2c(C)cc(-c3c(F)cc(S(=O)(=O)N4CC[C@H](F)C4)cc3F)nc2c1. The number of halogens is 3. The lowest BCUT2D eigenvalue weighted by Gasteiger charge is -2.17. The summed E-state index contributed by atoms with van der Waals surface area (Å²) in [6.07, 6.45) is -0.641. The number of hydrogen-bond donors (Lipinski definition) is 0. The molecule has 1 fully saturated rings. The van der Waals surface area contributed by atoms with Gasteiger partial charge in [0.25, 0.3) is 0 Å². The van der Waals surface area contributed by atoms with E-state index in [1.807, 2.05) is 12.1 Å². The molecule has 1 aromatic heterocycles. The number of ether oxygens (including phenoxy) is 1. The molecular weight excluding hydrogens is 481 g/mol. The number of aryl methyl sites for hydroxylation is 2. The van der Waals surface area contributed by atoms with Crippen LogP contribution in [0.15, 0.2) is 41.3 Å². The van der Waals surface area contributed by atoms with E-state index in [2.05, 4.69) is 4.98 Å². The fourth-order valence-corrected chi connectivity index (χ4v) is 5.72. The van der Waals surface area contributed by atoms with E-state index in [-0.39, 0.29) is 37.6 Å². The third-order valence-electron chi connectivity index (χ3n) is 6.01. The zero-order valence-electron chi connectivity index (χ0n) is 19.4. The molecule has 2 heterocycles. The standard InChI is InChI=1S/C25H25F3N2O4S/c1-3-34-24(31)7-5-16-4-6-19-15(2)10-23(29-22(19)11-16)25-20(27)12-18(13-21(25)28)35(32,33)30-9-8-17(26)14-30/h4,6,10-13,17H,3,5,7-9,14H2,1-2H3/t17-/m0/s1. The second-order valence-corrected chi connectivity index (χ2v) is 10.4. The monoisotopic (exact) mass is 506 g/mol. The van der Waals surface area contributed by atoms with Crippen molar-refractivity contribution in [1.29, 1.82) is 0 Å². The van der Waals surface area contributed by atoms with Crippen molar-refractivity contribution in [3.05, 3.63) is 59.2 Å². The van der Waals surface area contributed by atoms with Crippen LogP contribution in [0.25, 0.3) is 22.2 Å². The zero-order chi connectivity index (χ0) is 25.3. The van der Waals surface area contributed by atoms with Crippen LogP contribution >= 0.6 is 0 Å². The van der Waals surface area contributed by atoms with Gasteiger partial charge in [0.05, 0.1) is 28.3 Å². The summed E-state index contributed by atoms with van der Waals surface area (Å²) >= 11 is 0. The molecule has 1 saturated heterocycles. The number of rotatable bonds is 7. The van der Waals surface area contributed by atoms with Gasteiger partial charge in [-0.3, -0.25) is 4.79 Å².